The zero-order valence-electron chi connectivity index (χ0n) is 17.7. The third kappa shape index (κ3) is 3.20. The monoisotopic (exact) mass is 408 g/mol. The molecule has 156 valence electrons. The Hall–Kier alpha value is -2.88. The maximum absolute atomic E-state index is 11.0. The fourth-order valence-corrected chi connectivity index (χ4v) is 5.84. The van der Waals surface area contributed by atoms with Gasteiger partial charge in [0.15, 0.2) is 0 Å². The molecule has 4 aromatic rings. The molecule has 0 saturated carbocycles. The molecule has 1 fully saturated rings. The first-order chi connectivity index (χ1) is 15.3. The van der Waals surface area contributed by atoms with Gasteiger partial charge in [-0.25, -0.2) is 0 Å². The van der Waals surface area contributed by atoms with Crippen molar-refractivity contribution in [2.75, 3.05) is 0 Å². The lowest BCUT2D eigenvalue weighted by Gasteiger charge is -2.49. The van der Waals surface area contributed by atoms with Gasteiger partial charge in [0.05, 0.1) is 12.1 Å². The van der Waals surface area contributed by atoms with Gasteiger partial charge in [-0.05, 0) is 42.0 Å². The molecule has 1 saturated heterocycles. The molecule has 3 atom stereocenters. The predicted octanol–water partition coefficient (Wildman–Crippen LogP) is 5.31. The number of para-hydroxylation sites is 1. The lowest BCUT2D eigenvalue weighted by molar-refractivity contribution is -0.0380. The van der Waals surface area contributed by atoms with Crippen LogP contribution in [0, 0.1) is 0 Å². The van der Waals surface area contributed by atoms with E-state index in [-0.39, 0.29) is 12.1 Å². The topological polar surface area (TPSA) is 28.4 Å². The van der Waals surface area contributed by atoms with Gasteiger partial charge in [-0.3, -0.25) is 4.90 Å². The molecule has 2 aliphatic rings. The first-order valence-electron chi connectivity index (χ1n) is 11.4. The quantitative estimate of drug-likeness (QED) is 0.496. The van der Waals surface area contributed by atoms with Crippen molar-refractivity contribution in [3.8, 4) is 0 Å². The molecule has 3 heteroatoms. The van der Waals surface area contributed by atoms with E-state index in [0.717, 1.165) is 32.4 Å². The van der Waals surface area contributed by atoms with E-state index in [4.69, 9.17) is 0 Å². The van der Waals surface area contributed by atoms with Crippen LogP contribution in [0.25, 0.3) is 10.9 Å². The molecule has 0 unspecified atom stereocenters. The normalized spacial score (nSPS) is 23.1. The molecule has 3 nitrogen and oxygen atoms in total. The lowest BCUT2D eigenvalue weighted by atomic mass is 9.80. The highest BCUT2D eigenvalue weighted by Crippen LogP contribution is 2.46. The van der Waals surface area contributed by atoms with Crippen LogP contribution < -0.4 is 0 Å². The number of nitrogens with zero attached hydrogens (tertiary/aromatic N) is 2. The average molecular weight is 409 g/mol. The second-order valence-electron chi connectivity index (χ2n) is 9.04. The molecule has 1 N–H and O–H groups in total. The third-order valence-corrected chi connectivity index (χ3v) is 7.25. The predicted molar refractivity (Wildman–Crippen MR) is 125 cm³/mol. The summed E-state index contributed by atoms with van der Waals surface area (Å²) in [6.07, 6.45) is 2.54. The lowest BCUT2D eigenvalue weighted by Crippen LogP contribution is -2.53. The number of hydrogen-bond acceptors (Lipinski definition) is 2. The van der Waals surface area contributed by atoms with E-state index in [0.29, 0.717) is 6.04 Å². The summed E-state index contributed by atoms with van der Waals surface area (Å²) in [5, 5.41) is 12.3. The Kier molecular flexibility index (Phi) is 4.66. The summed E-state index contributed by atoms with van der Waals surface area (Å²) in [7, 11) is 0. The fraction of sp³-hybridized carbons (Fsp3) is 0.286. The van der Waals surface area contributed by atoms with Gasteiger partial charge >= 0.3 is 0 Å². The molecule has 2 bridgehead atoms. The number of aromatic nitrogens is 1. The van der Waals surface area contributed by atoms with Crippen molar-refractivity contribution < 1.29 is 5.11 Å². The number of aliphatic hydroxyl groups is 1. The first-order valence-corrected chi connectivity index (χ1v) is 11.4. The van der Waals surface area contributed by atoms with E-state index in [2.05, 4.69) is 94.4 Å². The van der Waals surface area contributed by atoms with Crippen LogP contribution in [0.5, 0.6) is 0 Å². The van der Waals surface area contributed by atoms with E-state index in [1.54, 1.807) is 0 Å². The van der Waals surface area contributed by atoms with Crippen molar-refractivity contribution in [3.05, 3.63) is 107 Å². The standard InChI is InChI=1S/C28H28N2O/c31-27-16-15-25-28-23(17-26(27)29(25)18-20-9-3-1-4-10-20)22-13-7-8-14-24(22)30(28)19-21-11-5-2-6-12-21/h1-14,25-27,31H,15-19H2/t25-,26-,27-/m1/s1. The molecule has 0 amide bonds. The van der Waals surface area contributed by atoms with E-state index >= 15 is 0 Å². The van der Waals surface area contributed by atoms with Crippen molar-refractivity contribution in [3.63, 3.8) is 0 Å². The molecule has 0 aliphatic carbocycles. The van der Waals surface area contributed by atoms with Gasteiger partial charge in [0.1, 0.15) is 0 Å². The molecule has 0 radical (unpaired) electrons. The smallest absolute Gasteiger partial charge is 0.0699 e. The molecule has 0 spiro atoms. The van der Waals surface area contributed by atoms with E-state index in [1.807, 2.05) is 0 Å². The average Bonchev–Trinajstić information content (AvgIpc) is 3.11. The molecule has 31 heavy (non-hydrogen) atoms. The molecular formula is C28H28N2O. The third-order valence-electron chi connectivity index (χ3n) is 7.25. The highest BCUT2D eigenvalue weighted by molar-refractivity contribution is 5.86. The Balaban J connectivity index is 1.50. The Labute approximate surface area is 183 Å². The SMILES string of the molecule is O[C@@H]1CC[C@@H]2c3c(c4ccccc4n3Cc3ccccc3)C[C@H]1N2Cc1ccccc1. The fourth-order valence-electron chi connectivity index (χ4n) is 5.84. The van der Waals surface area contributed by atoms with Gasteiger partial charge in [0, 0.05) is 35.7 Å². The van der Waals surface area contributed by atoms with Crippen LogP contribution in [-0.4, -0.2) is 26.7 Å². The van der Waals surface area contributed by atoms with Crippen LogP contribution >= 0.6 is 0 Å². The zero-order valence-corrected chi connectivity index (χ0v) is 17.7. The second kappa shape index (κ2) is 7.67. The van der Waals surface area contributed by atoms with Gasteiger partial charge in [-0.15, -0.1) is 0 Å². The maximum Gasteiger partial charge on any atom is 0.0699 e. The highest BCUT2D eigenvalue weighted by atomic mass is 16.3. The summed E-state index contributed by atoms with van der Waals surface area (Å²) < 4.78 is 2.55. The van der Waals surface area contributed by atoms with Crippen LogP contribution in [0.4, 0.5) is 0 Å². The van der Waals surface area contributed by atoms with Gasteiger partial charge < -0.3 is 9.67 Å². The Morgan fingerprint density at radius 3 is 2.13 bits per heavy atom. The second-order valence-corrected chi connectivity index (χ2v) is 9.04. The number of benzene rings is 3. The Morgan fingerprint density at radius 2 is 1.39 bits per heavy atom. The Morgan fingerprint density at radius 1 is 0.742 bits per heavy atom. The minimum atomic E-state index is -0.260. The Bertz CT molecular complexity index is 1200. The minimum absolute atomic E-state index is 0.183. The zero-order chi connectivity index (χ0) is 20.8. The van der Waals surface area contributed by atoms with Crippen molar-refractivity contribution in [1.82, 2.24) is 9.47 Å². The van der Waals surface area contributed by atoms with Crippen molar-refractivity contribution in [2.24, 2.45) is 0 Å². The molecule has 1 aromatic heterocycles. The van der Waals surface area contributed by atoms with E-state index in [1.165, 1.54) is 33.3 Å². The number of fused-ring (bicyclic) bond motifs is 6. The van der Waals surface area contributed by atoms with Crippen LogP contribution in [0.15, 0.2) is 84.9 Å². The highest BCUT2D eigenvalue weighted by Gasteiger charge is 2.44. The maximum atomic E-state index is 11.0. The van der Waals surface area contributed by atoms with Gasteiger partial charge in [-0.1, -0.05) is 78.9 Å². The number of rotatable bonds is 4. The van der Waals surface area contributed by atoms with Crippen LogP contribution in [-0.2, 0) is 19.5 Å². The van der Waals surface area contributed by atoms with Crippen molar-refractivity contribution >= 4 is 10.9 Å². The number of piperidine rings is 1. The van der Waals surface area contributed by atoms with E-state index < -0.39 is 0 Å². The van der Waals surface area contributed by atoms with Crippen LogP contribution in [0.3, 0.4) is 0 Å². The summed E-state index contributed by atoms with van der Waals surface area (Å²) >= 11 is 0. The van der Waals surface area contributed by atoms with Crippen LogP contribution in [0.2, 0.25) is 0 Å². The number of aliphatic hydroxyl groups excluding tert-OH is 1. The summed E-state index contributed by atoms with van der Waals surface area (Å²) in [5.74, 6) is 0. The van der Waals surface area contributed by atoms with Crippen molar-refractivity contribution in [1.29, 1.82) is 0 Å². The van der Waals surface area contributed by atoms with E-state index in [9.17, 15) is 5.11 Å². The largest absolute Gasteiger partial charge is 0.391 e. The molecule has 6 rings (SSSR count). The van der Waals surface area contributed by atoms with Crippen LogP contribution in [0.1, 0.15) is 41.3 Å². The summed E-state index contributed by atoms with van der Waals surface area (Å²) in [6.45, 7) is 1.78. The summed E-state index contributed by atoms with van der Waals surface area (Å²) in [6, 6.07) is 30.9. The summed E-state index contributed by atoms with van der Waals surface area (Å²) in [4.78, 5) is 2.58. The van der Waals surface area contributed by atoms with Gasteiger partial charge in [0.2, 0.25) is 0 Å². The first kappa shape index (κ1) is 18.9. The number of hydrogen-bond donors (Lipinski definition) is 1. The molecule has 2 aliphatic heterocycles. The minimum Gasteiger partial charge on any atom is -0.391 e. The molecular weight excluding hydrogens is 380 g/mol. The molecule has 3 heterocycles. The van der Waals surface area contributed by atoms with Gasteiger partial charge in [-0.2, -0.15) is 0 Å². The molecule has 3 aromatic carbocycles. The van der Waals surface area contributed by atoms with Gasteiger partial charge in [0.25, 0.3) is 0 Å². The summed E-state index contributed by atoms with van der Waals surface area (Å²) in [5.41, 5.74) is 6.88. The van der Waals surface area contributed by atoms with Crippen molar-refractivity contribution in [2.45, 2.75) is 50.5 Å².